The van der Waals surface area contributed by atoms with Gasteiger partial charge in [0.05, 0.1) is 11.6 Å². The van der Waals surface area contributed by atoms with Crippen LogP contribution >= 0.6 is 11.6 Å². The Morgan fingerprint density at radius 3 is 2.93 bits per heavy atom. The van der Waals surface area contributed by atoms with E-state index in [0.29, 0.717) is 18.7 Å². The maximum atomic E-state index is 13.3. The second-order valence-corrected chi connectivity index (χ2v) is 6.57. The molecule has 9 heteroatoms. The molecule has 2 unspecified atom stereocenters. The van der Waals surface area contributed by atoms with Gasteiger partial charge in [0.2, 0.25) is 0 Å². The van der Waals surface area contributed by atoms with Gasteiger partial charge in [0.1, 0.15) is 11.6 Å². The van der Waals surface area contributed by atoms with Gasteiger partial charge < -0.3 is 15.4 Å². The molecule has 1 aromatic carbocycles. The minimum Gasteiger partial charge on any atom is -0.484 e. The van der Waals surface area contributed by atoms with Crippen LogP contribution in [0.25, 0.3) is 0 Å². The Bertz CT molecular complexity index is 700. The lowest BCUT2D eigenvalue weighted by atomic mass is 10.00. The van der Waals surface area contributed by atoms with Crippen LogP contribution in [0.15, 0.2) is 30.5 Å². The van der Waals surface area contributed by atoms with Crippen molar-refractivity contribution >= 4 is 23.4 Å². The predicted octanol–water partition coefficient (Wildman–Crippen LogP) is 2.35. The van der Waals surface area contributed by atoms with Gasteiger partial charge in [-0.25, -0.2) is 14.2 Å². The van der Waals surface area contributed by atoms with Crippen LogP contribution in [0.5, 0.6) is 5.75 Å². The summed E-state index contributed by atoms with van der Waals surface area (Å²) in [4.78, 5) is 33.7. The van der Waals surface area contributed by atoms with Gasteiger partial charge in [-0.2, -0.15) is 0 Å². The molecule has 0 aliphatic carbocycles. The standard InChI is InChI=1S/C18H22ClFN2O5/c1-11-6-8-26-27-17(11)18(24)21-7-5-12(2)22-16(23)10-25-13-3-4-14(19)15(20)9-13/h3-4,9,11,17H,2,5-8,10H2,1H3,(H,21,24)(H,22,23). The Labute approximate surface area is 161 Å². The average Bonchev–Trinajstić information content (AvgIpc) is 2.63. The van der Waals surface area contributed by atoms with E-state index >= 15 is 0 Å². The first kappa shape index (κ1) is 21.1. The minimum atomic E-state index is -0.644. The molecule has 2 N–H and O–H groups in total. The van der Waals surface area contributed by atoms with Crippen LogP contribution in [-0.4, -0.2) is 37.7 Å². The summed E-state index contributed by atoms with van der Waals surface area (Å²) < 4.78 is 18.5. The number of carbonyl (C=O) groups excluding carboxylic acids is 2. The van der Waals surface area contributed by atoms with Crippen molar-refractivity contribution in [2.75, 3.05) is 19.8 Å². The molecular formula is C18H22ClFN2O5. The first-order chi connectivity index (χ1) is 12.9. The molecule has 7 nitrogen and oxygen atoms in total. The molecule has 1 fully saturated rings. The molecule has 2 atom stereocenters. The van der Waals surface area contributed by atoms with Crippen LogP contribution < -0.4 is 15.4 Å². The lowest BCUT2D eigenvalue weighted by molar-refractivity contribution is -0.346. The van der Waals surface area contributed by atoms with Crippen LogP contribution in [0, 0.1) is 11.7 Å². The Morgan fingerprint density at radius 1 is 1.44 bits per heavy atom. The van der Waals surface area contributed by atoms with Gasteiger partial charge in [-0.05, 0) is 24.5 Å². The number of hydrogen-bond donors (Lipinski definition) is 2. The largest absolute Gasteiger partial charge is 0.484 e. The van der Waals surface area contributed by atoms with Crippen LogP contribution in [0.4, 0.5) is 4.39 Å². The Hall–Kier alpha value is -2.16. The van der Waals surface area contributed by atoms with E-state index in [-0.39, 0.29) is 35.7 Å². The number of amides is 2. The Kier molecular flexibility index (Phi) is 8.02. The molecular weight excluding hydrogens is 379 g/mol. The molecule has 1 aliphatic heterocycles. The van der Waals surface area contributed by atoms with Gasteiger partial charge >= 0.3 is 0 Å². The number of hydrogen-bond acceptors (Lipinski definition) is 5. The van der Waals surface area contributed by atoms with E-state index < -0.39 is 17.8 Å². The van der Waals surface area contributed by atoms with E-state index in [1.807, 2.05) is 6.92 Å². The highest BCUT2D eigenvalue weighted by molar-refractivity contribution is 6.30. The molecule has 0 saturated carbocycles. The zero-order chi connectivity index (χ0) is 19.8. The summed E-state index contributed by atoms with van der Waals surface area (Å²) in [6, 6.07) is 3.90. The molecule has 0 radical (unpaired) electrons. The molecule has 1 saturated heterocycles. The second kappa shape index (κ2) is 10.2. The highest BCUT2D eigenvalue weighted by Crippen LogP contribution is 2.20. The van der Waals surface area contributed by atoms with E-state index in [1.54, 1.807) is 0 Å². The van der Waals surface area contributed by atoms with Crippen LogP contribution in [0.3, 0.4) is 0 Å². The highest BCUT2D eigenvalue weighted by atomic mass is 35.5. The maximum Gasteiger partial charge on any atom is 0.262 e. The lowest BCUT2D eigenvalue weighted by Gasteiger charge is -2.26. The summed E-state index contributed by atoms with van der Waals surface area (Å²) in [6.07, 6.45) is 0.447. The van der Waals surface area contributed by atoms with Crippen molar-refractivity contribution in [3.63, 3.8) is 0 Å². The van der Waals surface area contributed by atoms with Crippen LogP contribution in [0.2, 0.25) is 5.02 Å². The maximum absolute atomic E-state index is 13.3. The monoisotopic (exact) mass is 400 g/mol. The fraction of sp³-hybridized carbons (Fsp3) is 0.444. The van der Waals surface area contributed by atoms with E-state index in [4.69, 9.17) is 26.1 Å². The molecule has 1 aromatic rings. The third-order valence-corrected chi connectivity index (χ3v) is 4.21. The first-order valence-electron chi connectivity index (χ1n) is 8.48. The second-order valence-electron chi connectivity index (χ2n) is 6.16. The van der Waals surface area contributed by atoms with Gasteiger partial charge in [0.15, 0.2) is 12.7 Å². The lowest BCUT2D eigenvalue weighted by Crippen LogP contribution is -2.43. The van der Waals surface area contributed by atoms with Crippen molar-refractivity contribution in [3.8, 4) is 5.75 Å². The van der Waals surface area contributed by atoms with Crippen LogP contribution in [0.1, 0.15) is 19.8 Å². The van der Waals surface area contributed by atoms with Gasteiger partial charge in [-0.3, -0.25) is 9.59 Å². The zero-order valence-electron chi connectivity index (χ0n) is 14.9. The van der Waals surface area contributed by atoms with Gasteiger partial charge in [-0.15, -0.1) is 0 Å². The number of ether oxygens (including phenoxy) is 1. The van der Waals surface area contributed by atoms with E-state index in [2.05, 4.69) is 17.2 Å². The summed E-state index contributed by atoms with van der Waals surface area (Å²) in [7, 11) is 0. The van der Waals surface area contributed by atoms with E-state index in [1.165, 1.54) is 12.1 Å². The molecule has 148 valence electrons. The molecule has 1 aliphatic rings. The summed E-state index contributed by atoms with van der Waals surface area (Å²) >= 11 is 5.57. The quantitative estimate of drug-likeness (QED) is 0.654. The normalized spacial score (nSPS) is 19.2. The SMILES string of the molecule is C=C(CCNC(=O)C1OOCCC1C)NC(=O)COc1ccc(Cl)c(F)c1. The van der Waals surface area contributed by atoms with E-state index in [0.717, 1.165) is 12.5 Å². The fourth-order valence-corrected chi connectivity index (χ4v) is 2.47. The molecule has 2 rings (SSSR count). The predicted molar refractivity (Wildman–Crippen MR) is 96.4 cm³/mol. The van der Waals surface area contributed by atoms with Gasteiger partial charge in [-0.1, -0.05) is 25.1 Å². The minimum absolute atomic E-state index is 0.0261. The zero-order valence-corrected chi connectivity index (χ0v) is 15.7. The number of halogens is 2. The Morgan fingerprint density at radius 2 is 2.22 bits per heavy atom. The third kappa shape index (κ3) is 6.82. The average molecular weight is 401 g/mol. The van der Waals surface area contributed by atoms with Crippen molar-refractivity contribution < 1.29 is 28.5 Å². The summed E-state index contributed by atoms with van der Waals surface area (Å²) in [5.74, 6) is -1.09. The molecule has 0 spiro atoms. The topological polar surface area (TPSA) is 85.9 Å². The van der Waals surface area contributed by atoms with Crippen molar-refractivity contribution in [1.82, 2.24) is 10.6 Å². The summed E-state index contributed by atoms with van der Waals surface area (Å²) in [6.45, 7) is 6.09. The van der Waals surface area contributed by atoms with Crippen LogP contribution in [-0.2, 0) is 19.4 Å². The summed E-state index contributed by atoms with van der Waals surface area (Å²) in [5, 5.41) is 5.24. The van der Waals surface area contributed by atoms with Crippen molar-refractivity contribution in [2.45, 2.75) is 25.9 Å². The third-order valence-electron chi connectivity index (χ3n) is 3.91. The molecule has 1 heterocycles. The number of nitrogens with one attached hydrogen (secondary N) is 2. The van der Waals surface area contributed by atoms with Crippen molar-refractivity contribution in [3.05, 3.63) is 41.3 Å². The Balaban J connectivity index is 1.65. The molecule has 2 amide bonds. The fourth-order valence-electron chi connectivity index (χ4n) is 2.35. The smallest absolute Gasteiger partial charge is 0.262 e. The van der Waals surface area contributed by atoms with Gasteiger partial charge in [0, 0.05) is 24.7 Å². The van der Waals surface area contributed by atoms with Crippen molar-refractivity contribution in [1.29, 1.82) is 0 Å². The van der Waals surface area contributed by atoms with Gasteiger partial charge in [0.25, 0.3) is 11.8 Å². The number of rotatable bonds is 8. The van der Waals surface area contributed by atoms with Crippen molar-refractivity contribution in [2.24, 2.45) is 5.92 Å². The first-order valence-corrected chi connectivity index (χ1v) is 8.86. The molecule has 0 bridgehead atoms. The number of benzene rings is 1. The molecule has 27 heavy (non-hydrogen) atoms. The van der Waals surface area contributed by atoms with E-state index in [9.17, 15) is 14.0 Å². The number of carbonyl (C=O) groups is 2. The molecule has 0 aromatic heterocycles. The highest BCUT2D eigenvalue weighted by Gasteiger charge is 2.30. The summed E-state index contributed by atoms with van der Waals surface area (Å²) in [5.41, 5.74) is 0.417.